The predicted molar refractivity (Wildman–Crippen MR) is 111 cm³/mol. The Morgan fingerprint density at radius 3 is 2.66 bits per heavy atom. The highest BCUT2D eigenvalue weighted by atomic mass is 35.5. The van der Waals surface area contributed by atoms with Gasteiger partial charge in [0.15, 0.2) is 11.0 Å². The van der Waals surface area contributed by atoms with Gasteiger partial charge in [0.05, 0.1) is 18.1 Å². The second kappa shape index (κ2) is 9.62. The molecule has 2 aromatic heterocycles. The van der Waals surface area contributed by atoms with Crippen LogP contribution in [0.15, 0.2) is 52.2 Å². The maximum absolute atomic E-state index is 12.3. The summed E-state index contributed by atoms with van der Waals surface area (Å²) < 4.78 is 7.33. The number of imide groups is 1. The molecule has 29 heavy (non-hydrogen) atoms. The third kappa shape index (κ3) is 5.39. The van der Waals surface area contributed by atoms with Crippen molar-refractivity contribution in [1.82, 2.24) is 25.4 Å². The van der Waals surface area contributed by atoms with Gasteiger partial charge in [-0.1, -0.05) is 23.4 Å². The number of nitrogens with zero attached hydrogens (tertiary/aromatic N) is 3. The van der Waals surface area contributed by atoms with E-state index in [4.69, 9.17) is 16.0 Å². The fraction of sp³-hybridized carbons (Fsp3) is 0.263. The average molecular weight is 434 g/mol. The molecule has 1 unspecified atom stereocenters. The Morgan fingerprint density at radius 2 is 2.00 bits per heavy atom. The number of hydrogen-bond donors (Lipinski definition) is 2. The van der Waals surface area contributed by atoms with Crippen LogP contribution in [-0.4, -0.2) is 38.5 Å². The van der Waals surface area contributed by atoms with E-state index >= 15 is 0 Å². The van der Waals surface area contributed by atoms with E-state index in [2.05, 4.69) is 20.8 Å². The van der Waals surface area contributed by atoms with Crippen LogP contribution in [0.2, 0.25) is 5.02 Å². The first-order valence-electron chi connectivity index (χ1n) is 8.94. The van der Waals surface area contributed by atoms with Gasteiger partial charge in [0.25, 0.3) is 0 Å². The summed E-state index contributed by atoms with van der Waals surface area (Å²) in [6.45, 7) is 4.30. The van der Waals surface area contributed by atoms with Crippen molar-refractivity contribution in [1.29, 1.82) is 0 Å². The Kier molecular flexibility index (Phi) is 6.95. The number of halogens is 1. The number of carbonyl (C=O) groups excluding carboxylic acids is 2. The zero-order chi connectivity index (χ0) is 20.8. The molecule has 10 heteroatoms. The number of urea groups is 1. The van der Waals surface area contributed by atoms with Crippen molar-refractivity contribution in [2.45, 2.75) is 30.8 Å². The molecule has 0 aliphatic carbocycles. The lowest BCUT2D eigenvalue weighted by Gasteiger charge is -2.13. The second-order valence-electron chi connectivity index (χ2n) is 6.09. The van der Waals surface area contributed by atoms with Gasteiger partial charge in [0.1, 0.15) is 5.76 Å². The predicted octanol–water partition coefficient (Wildman–Crippen LogP) is 3.57. The Balaban J connectivity index is 1.85. The summed E-state index contributed by atoms with van der Waals surface area (Å²) in [5, 5.41) is 14.0. The number of nitrogens with one attached hydrogen (secondary N) is 2. The van der Waals surface area contributed by atoms with E-state index < -0.39 is 17.2 Å². The molecular weight excluding hydrogens is 414 g/mol. The van der Waals surface area contributed by atoms with E-state index in [0.29, 0.717) is 29.1 Å². The van der Waals surface area contributed by atoms with E-state index in [-0.39, 0.29) is 0 Å². The molecule has 0 aliphatic heterocycles. The van der Waals surface area contributed by atoms with Crippen LogP contribution in [0.5, 0.6) is 0 Å². The number of rotatable bonds is 7. The maximum atomic E-state index is 12.3. The fourth-order valence-electron chi connectivity index (χ4n) is 2.52. The molecule has 0 radical (unpaired) electrons. The summed E-state index contributed by atoms with van der Waals surface area (Å²) >= 11 is 7.20. The van der Waals surface area contributed by atoms with Crippen LogP contribution >= 0.6 is 23.4 Å². The first kappa shape index (κ1) is 20.9. The van der Waals surface area contributed by atoms with Crippen molar-refractivity contribution in [2.24, 2.45) is 0 Å². The highest BCUT2D eigenvalue weighted by Crippen LogP contribution is 2.28. The van der Waals surface area contributed by atoms with Crippen LogP contribution < -0.4 is 10.6 Å². The first-order valence-corrected chi connectivity index (χ1v) is 10.2. The molecule has 2 heterocycles. The lowest BCUT2D eigenvalue weighted by atomic mass is 10.2. The molecular formula is C19H20ClN5O3S. The monoisotopic (exact) mass is 433 g/mol. The zero-order valence-electron chi connectivity index (χ0n) is 15.9. The fourth-order valence-corrected chi connectivity index (χ4v) is 3.49. The third-order valence-electron chi connectivity index (χ3n) is 3.94. The third-order valence-corrected chi connectivity index (χ3v) is 5.27. The number of hydrogen-bond acceptors (Lipinski definition) is 6. The standard InChI is InChI=1S/C19H20ClN5O3S/c1-3-21-18(27)22-17(26)12(2)29-19-24-23-16(13-6-8-14(20)9-7-13)25(19)11-15-5-4-10-28-15/h4-10,12H,3,11H2,1-2H3,(H2,21,22,26,27). The quantitative estimate of drug-likeness (QED) is 0.552. The topological polar surface area (TPSA) is 102 Å². The molecule has 3 rings (SSSR count). The highest BCUT2D eigenvalue weighted by Gasteiger charge is 2.22. The number of benzene rings is 1. The van der Waals surface area contributed by atoms with Gasteiger partial charge >= 0.3 is 6.03 Å². The summed E-state index contributed by atoms with van der Waals surface area (Å²) in [5.41, 5.74) is 0.833. The summed E-state index contributed by atoms with van der Waals surface area (Å²) in [4.78, 5) is 23.9. The van der Waals surface area contributed by atoms with E-state index in [0.717, 1.165) is 11.3 Å². The largest absolute Gasteiger partial charge is 0.467 e. The molecule has 2 N–H and O–H groups in total. The zero-order valence-corrected chi connectivity index (χ0v) is 17.5. The van der Waals surface area contributed by atoms with Crippen LogP contribution in [0.1, 0.15) is 19.6 Å². The first-order chi connectivity index (χ1) is 14.0. The van der Waals surface area contributed by atoms with Gasteiger partial charge in [-0.2, -0.15) is 0 Å². The van der Waals surface area contributed by atoms with Gasteiger partial charge in [-0.3, -0.25) is 14.7 Å². The SMILES string of the molecule is CCNC(=O)NC(=O)C(C)Sc1nnc(-c2ccc(Cl)cc2)n1Cc1ccco1. The number of amides is 3. The Labute approximate surface area is 177 Å². The van der Waals surface area contributed by atoms with E-state index in [1.54, 1.807) is 38.3 Å². The van der Waals surface area contributed by atoms with Gasteiger partial charge in [-0.15, -0.1) is 10.2 Å². The van der Waals surface area contributed by atoms with Gasteiger partial charge in [0, 0.05) is 17.1 Å². The van der Waals surface area contributed by atoms with Crippen molar-refractivity contribution in [2.75, 3.05) is 6.54 Å². The summed E-state index contributed by atoms with van der Waals surface area (Å²) in [6.07, 6.45) is 1.59. The number of carbonyl (C=O) groups is 2. The summed E-state index contributed by atoms with van der Waals surface area (Å²) in [5.74, 6) is 0.930. The van der Waals surface area contributed by atoms with Crippen molar-refractivity contribution in [3.05, 3.63) is 53.4 Å². The second-order valence-corrected chi connectivity index (χ2v) is 7.83. The number of aromatic nitrogens is 3. The highest BCUT2D eigenvalue weighted by molar-refractivity contribution is 8.00. The van der Waals surface area contributed by atoms with Crippen LogP contribution in [0.3, 0.4) is 0 Å². The molecule has 3 amide bonds. The molecule has 152 valence electrons. The molecule has 0 spiro atoms. The molecule has 0 saturated heterocycles. The van der Waals surface area contributed by atoms with E-state index in [9.17, 15) is 9.59 Å². The van der Waals surface area contributed by atoms with Crippen molar-refractivity contribution in [3.63, 3.8) is 0 Å². The van der Waals surface area contributed by atoms with Crippen LogP contribution in [0.4, 0.5) is 4.79 Å². The van der Waals surface area contributed by atoms with Crippen molar-refractivity contribution >= 4 is 35.3 Å². The summed E-state index contributed by atoms with van der Waals surface area (Å²) in [7, 11) is 0. The van der Waals surface area contributed by atoms with Crippen molar-refractivity contribution in [3.8, 4) is 11.4 Å². The van der Waals surface area contributed by atoms with Crippen LogP contribution in [0, 0.1) is 0 Å². The Bertz CT molecular complexity index is 972. The molecule has 0 aliphatic rings. The minimum Gasteiger partial charge on any atom is -0.467 e. The average Bonchev–Trinajstić information content (AvgIpc) is 3.34. The van der Waals surface area contributed by atoms with Gasteiger partial charge in [-0.25, -0.2) is 4.79 Å². The van der Waals surface area contributed by atoms with Gasteiger partial charge in [0.2, 0.25) is 5.91 Å². The minimum absolute atomic E-state index is 0.394. The van der Waals surface area contributed by atoms with Gasteiger partial charge < -0.3 is 9.73 Å². The molecule has 1 atom stereocenters. The molecule has 0 bridgehead atoms. The normalized spacial score (nSPS) is 11.8. The van der Waals surface area contributed by atoms with Crippen LogP contribution in [0.25, 0.3) is 11.4 Å². The molecule has 3 aromatic rings. The van der Waals surface area contributed by atoms with E-state index in [1.807, 2.05) is 22.8 Å². The molecule has 0 fully saturated rings. The molecule has 0 saturated carbocycles. The summed E-state index contributed by atoms with van der Waals surface area (Å²) in [6, 6.07) is 10.4. The Hall–Kier alpha value is -2.78. The van der Waals surface area contributed by atoms with Gasteiger partial charge in [-0.05, 0) is 50.2 Å². The lowest BCUT2D eigenvalue weighted by molar-refractivity contribution is -0.119. The maximum Gasteiger partial charge on any atom is 0.321 e. The molecule has 1 aromatic carbocycles. The van der Waals surface area contributed by atoms with E-state index in [1.165, 1.54) is 11.8 Å². The van der Waals surface area contributed by atoms with Crippen molar-refractivity contribution < 1.29 is 14.0 Å². The smallest absolute Gasteiger partial charge is 0.321 e. The minimum atomic E-state index is -0.560. The van der Waals surface area contributed by atoms with Crippen LogP contribution in [-0.2, 0) is 11.3 Å². The lowest BCUT2D eigenvalue weighted by Crippen LogP contribution is -2.42. The Morgan fingerprint density at radius 1 is 1.24 bits per heavy atom. The number of thioether (sulfide) groups is 1. The number of furan rings is 1. The molecule has 8 nitrogen and oxygen atoms in total.